The Labute approximate surface area is 161 Å². The molecule has 146 valence electrons. The first-order chi connectivity index (χ1) is 12.7. The molecule has 0 spiro atoms. The lowest BCUT2D eigenvalue weighted by molar-refractivity contribution is -0.124. The van der Waals surface area contributed by atoms with E-state index in [9.17, 15) is 9.90 Å². The lowest BCUT2D eigenvalue weighted by atomic mass is 9.83. The minimum Gasteiger partial charge on any atom is -0.394 e. The van der Waals surface area contributed by atoms with Crippen LogP contribution in [-0.2, 0) is 16.6 Å². The first kappa shape index (κ1) is 19.5. The van der Waals surface area contributed by atoms with Gasteiger partial charge in [-0.3, -0.25) is 4.79 Å². The highest BCUT2D eigenvalue weighted by molar-refractivity contribution is 6.00. The van der Waals surface area contributed by atoms with Crippen molar-refractivity contribution in [3.8, 4) is 0 Å². The fraction of sp³-hybridized carbons (Fsp3) is 0.500. The molecule has 3 N–H and O–H groups in total. The quantitative estimate of drug-likeness (QED) is 0.726. The third-order valence-electron chi connectivity index (χ3n) is 5.83. The van der Waals surface area contributed by atoms with Crippen molar-refractivity contribution < 1.29 is 9.90 Å². The number of likely N-dealkylation sites (N-methyl/N-ethyl adjacent to an activating group) is 1. The van der Waals surface area contributed by atoms with Crippen LogP contribution >= 0.6 is 0 Å². The van der Waals surface area contributed by atoms with Crippen LogP contribution < -0.4 is 10.2 Å². The maximum atomic E-state index is 12.9. The van der Waals surface area contributed by atoms with Crippen LogP contribution in [0.3, 0.4) is 0 Å². The molecule has 0 aliphatic carbocycles. The lowest BCUT2D eigenvalue weighted by Gasteiger charge is -2.33. The van der Waals surface area contributed by atoms with Gasteiger partial charge in [-0.05, 0) is 29.5 Å². The van der Waals surface area contributed by atoms with Crippen molar-refractivity contribution in [1.82, 2.24) is 10.3 Å². The molecule has 27 heavy (non-hydrogen) atoms. The molecule has 0 bridgehead atoms. The monoisotopic (exact) mass is 369 g/mol. The van der Waals surface area contributed by atoms with Gasteiger partial charge >= 0.3 is 0 Å². The molecule has 1 aliphatic rings. The first-order valence-electron chi connectivity index (χ1n) is 9.62. The second kappa shape index (κ2) is 7.04. The molecule has 0 radical (unpaired) electrons. The van der Waals surface area contributed by atoms with E-state index < -0.39 is 0 Å². The summed E-state index contributed by atoms with van der Waals surface area (Å²) in [6.07, 6.45) is 4.56. The number of rotatable bonds is 4. The molecule has 5 nitrogen and oxygen atoms in total. The van der Waals surface area contributed by atoms with Crippen LogP contribution in [0.15, 0.2) is 31.0 Å². The van der Waals surface area contributed by atoms with E-state index in [2.05, 4.69) is 61.6 Å². The van der Waals surface area contributed by atoms with E-state index in [-0.39, 0.29) is 35.9 Å². The van der Waals surface area contributed by atoms with Crippen molar-refractivity contribution in [2.24, 2.45) is 5.92 Å². The molecule has 3 rings (SSSR count). The van der Waals surface area contributed by atoms with Gasteiger partial charge in [-0.2, -0.15) is 0 Å². The first-order valence-corrected chi connectivity index (χ1v) is 9.62. The number of nitrogens with one attached hydrogen (secondary N) is 2. The maximum Gasteiger partial charge on any atom is 0.243 e. The number of nitrogens with zero attached hydrogens (tertiary/aromatic N) is 1. The standard InChI is InChI=1S/C22H31N3O2/c1-7-22(4,5)16-8-9-17-18-14(11-23-19(16)18)10-15(12-26)24-21(27)20(13(2)3)25(17)6/h7-9,11,13,15,20,23,26H,1,10,12H2,2-6H3,(H,24,27)/t15-,20+/m0/s1. The van der Waals surface area contributed by atoms with E-state index in [1.54, 1.807) is 0 Å². The average molecular weight is 370 g/mol. The van der Waals surface area contributed by atoms with Crippen LogP contribution in [0.1, 0.15) is 38.8 Å². The zero-order valence-electron chi connectivity index (χ0n) is 17.0. The number of anilines is 1. The van der Waals surface area contributed by atoms with Gasteiger partial charge in [-0.1, -0.05) is 39.8 Å². The fourth-order valence-corrected chi connectivity index (χ4v) is 4.19. The summed E-state index contributed by atoms with van der Waals surface area (Å²) in [5.41, 5.74) is 4.22. The highest BCUT2D eigenvalue weighted by Crippen LogP contribution is 2.39. The van der Waals surface area contributed by atoms with Gasteiger partial charge in [0, 0.05) is 29.7 Å². The minimum atomic E-state index is -0.304. The second-order valence-corrected chi connectivity index (χ2v) is 8.51. The van der Waals surface area contributed by atoms with Crippen molar-refractivity contribution in [1.29, 1.82) is 0 Å². The molecule has 5 heteroatoms. The zero-order chi connectivity index (χ0) is 19.9. The van der Waals surface area contributed by atoms with Gasteiger partial charge in [0.25, 0.3) is 0 Å². The summed E-state index contributed by atoms with van der Waals surface area (Å²) in [5, 5.41) is 14.0. The van der Waals surface area contributed by atoms with Crippen molar-refractivity contribution in [3.05, 3.63) is 42.1 Å². The van der Waals surface area contributed by atoms with E-state index in [1.807, 2.05) is 19.3 Å². The predicted octanol–water partition coefficient (Wildman–Crippen LogP) is 3.13. The molecule has 2 aromatic rings. The minimum absolute atomic E-state index is 0.0377. The van der Waals surface area contributed by atoms with Gasteiger partial charge in [0.2, 0.25) is 5.91 Å². The second-order valence-electron chi connectivity index (χ2n) is 8.51. The Bertz CT molecular complexity index is 866. The number of aliphatic hydroxyl groups excluding tert-OH is 1. The number of hydrogen-bond donors (Lipinski definition) is 3. The Morgan fingerprint density at radius 1 is 1.41 bits per heavy atom. The average Bonchev–Trinajstić information content (AvgIpc) is 3.04. The SMILES string of the molecule is C=CC(C)(C)c1ccc2c3c(c[nH]c13)C[C@@H](CO)NC(=O)[C@@H](C(C)C)N2C. The molecule has 1 aliphatic heterocycles. The smallest absolute Gasteiger partial charge is 0.243 e. The van der Waals surface area contributed by atoms with Crippen LogP contribution in [0.4, 0.5) is 5.69 Å². The van der Waals surface area contributed by atoms with Crippen molar-refractivity contribution in [2.75, 3.05) is 18.6 Å². The van der Waals surface area contributed by atoms with Crippen molar-refractivity contribution in [3.63, 3.8) is 0 Å². The van der Waals surface area contributed by atoms with E-state index in [4.69, 9.17) is 0 Å². The maximum absolute atomic E-state index is 12.9. The molecule has 1 aromatic carbocycles. The molecule has 0 saturated carbocycles. The summed E-state index contributed by atoms with van der Waals surface area (Å²) in [5.74, 6) is 0.0958. The summed E-state index contributed by atoms with van der Waals surface area (Å²) >= 11 is 0. The normalized spacial score (nSPS) is 21.0. The summed E-state index contributed by atoms with van der Waals surface area (Å²) in [6, 6.07) is 3.64. The van der Waals surface area contributed by atoms with E-state index in [0.29, 0.717) is 6.42 Å². The molecule has 0 saturated heterocycles. The number of carbonyl (C=O) groups is 1. The Hall–Kier alpha value is -2.27. The van der Waals surface area contributed by atoms with Crippen LogP contribution in [0.25, 0.3) is 10.9 Å². The largest absolute Gasteiger partial charge is 0.394 e. The van der Waals surface area contributed by atoms with E-state index in [1.165, 1.54) is 5.56 Å². The lowest BCUT2D eigenvalue weighted by Crippen LogP contribution is -2.52. The summed E-state index contributed by atoms with van der Waals surface area (Å²) < 4.78 is 0. The van der Waals surface area contributed by atoms with Crippen LogP contribution in [-0.4, -0.2) is 41.7 Å². The molecule has 1 amide bonds. The van der Waals surface area contributed by atoms with Crippen LogP contribution in [0.2, 0.25) is 0 Å². The Kier molecular flexibility index (Phi) is 5.08. The van der Waals surface area contributed by atoms with Gasteiger partial charge in [0.1, 0.15) is 6.04 Å². The summed E-state index contributed by atoms with van der Waals surface area (Å²) in [7, 11) is 1.98. The van der Waals surface area contributed by atoms with Gasteiger partial charge in [0.15, 0.2) is 0 Å². The highest BCUT2D eigenvalue weighted by Gasteiger charge is 2.33. The number of H-pyrrole nitrogens is 1. The van der Waals surface area contributed by atoms with Gasteiger partial charge in [-0.15, -0.1) is 6.58 Å². The number of aromatic amines is 1. The number of hydrogen-bond acceptors (Lipinski definition) is 3. The number of aliphatic hydroxyl groups is 1. The molecule has 0 unspecified atom stereocenters. The Morgan fingerprint density at radius 2 is 2.11 bits per heavy atom. The number of benzene rings is 1. The summed E-state index contributed by atoms with van der Waals surface area (Å²) in [4.78, 5) is 18.5. The fourth-order valence-electron chi connectivity index (χ4n) is 4.19. The molecular formula is C22H31N3O2. The van der Waals surface area contributed by atoms with Gasteiger partial charge < -0.3 is 20.3 Å². The van der Waals surface area contributed by atoms with Crippen LogP contribution in [0, 0.1) is 5.92 Å². The van der Waals surface area contributed by atoms with Crippen LogP contribution in [0.5, 0.6) is 0 Å². The molecule has 1 aromatic heterocycles. The Balaban J connectivity index is 2.29. The number of aromatic nitrogens is 1. The molecule has 2 heterocycles. The third-order valence-corrected chi connectivity index (χ3v) is 5.83. The van der Waals surface area contributed by atoms with Crippen molar-refractivity contribution in [2.45, 2.75) is 51.6 Å². The van der Waals surface area contributed by atoms with E-state index in [0.717, 1.165) is 22.2 Å². The van der Waals surface area contributed by atoms with E-state index >= 15 is 0 Å². The molecule has 2 atom stereocenters. The number of carbonyl (C=O) groups excluding carboxylic acids is 1. The number of allylic oxidation sites excluding steroid dienone is 1. The molecular weight excluding hydrogens is 338 g/mol. The van der Waals surface area contributed by atoms with Crippen molar-refractivity contribution >= 4 is 22.5 Å². The highest BCUT2D eigenvalue weighted by atomic mass is 16.3. The topological polar surface area (TPSA) is 68.4 Å². The van der Waals surface area contributed by atoms with Gasteiger partial charge in [0.05, 0.1) is 18.2 Å². The summed E-state index contributed by atoms with van der Waals surface area (Å²) in [6.45, 7) is 12.3. The van der Waals surface area contributed by atoms with Gasteiger partial charge in [-0.25, -0.2) is 0 Å². The number of amides is 1. The third kappa shape index (κ3) is 3.25. The predicted molar refractivity (Wildman–Crippen MR) is 111 cm³/mol. The zero-order valence-corrected chi connectivity index (χ0v) is 17.0. The Morgan fingerprint density at radius 3 is 2.70 bits per heavy atom. The molecule has 0 fully saturated rings.